The molecule has 8 nitrogen and oxygen atoms in total. The van der Waals surface area contributed by atoms with Gasteiger partial charge >= 0.3 is 0 Å². The van der Waals surface area contributed by atoms with Crippen molar-refractivity contribution in [3.05, 3.63) is 81.7 Å². The molecule has 0 amide bonds. The Bertz CT molecular complexity index is 1320. The van der Waals surface area contributed by atoms with Crippen molar-refractivity contribution in [2.75, 3.05) is 0 Å². The molecular weight excluding hydrogens is 426 g/mol. The summed E-state index contributed by atoms with van der Waals surface area (Å²) in [6.07, 6.45) is 3.63. The number of hydrogen-bond donors (Lipinski definition) is 1. The lowest BCUT2D eigenvalue weighted by molar-refractivity contribution is 0.119. The maximum atomic E-state index is 13.1. The van der Waals surface area contributed by atoms with E-state index >= 15 is 0 Å². The van der Waals surface area contributed by atoms with E-state index < -0.39 is 0 Å². The summed E-state index contributed by atoms with van der Waals surface area (Å²) >= 11 is 0. The third-order valence-corrected chi connectivity index (χ3v) is 5.98. The second-order valence-corrected chi connectivity index (χ2v) is 10.3. The number of rotatable bonds is 7. The van der Waals surface area contributed by atoms with Crippen LogP contribution in [0.25, 0.3) is 10.9 Å². The molecule has 0 saturated carbocycles. The number of aromatic nitrogens is 6. The van der Waals surface area contributed by atoms with Gasteiger partial charge < -0.3 is 4.98 Å². The Labute approximate surface area is 200 Å². The summed E-state index contributed by atoms with van der Waals surface area (Å²) in [5.74, 6) is 0.991. The zero-order valence-electron chi connectivity index (χ0n) is 20.8. The molecule has 0 aliphatic rings. The second kappa shape index (κ2) is 9.46. The van der Waals surface area contributed by atoms with Crippen molar-refractivity contribution in [2.24, 2.45) is 5.92 Å². The highest BCUT2D eigenvalue weighted by Crippen LogP contribution is 2.32. The molecule has 3 heterocycles. The summed E-state index contributed by atoms with van der Waals surface area (Å²) in [6, 6.07) is 11.9. The molecule has 0 unspecified atom stereocenters. The molecule has 0 spiro atoms. The molecule has 8 heteroatoms. The van der Waals surface area contributed by atoms with Gasteiger partial charge in [-0.05, 0) is 79.3 Å². The molecule has 0 aliphatic carbocycles. The predicted molar refractivity (Wildman–Crippen MR) is 133 cm³/mol. The minimum atomic E-state index is -0.274. The van der Waals surface area contributed by atoms with Gasteiger partial charge in [0.15, 0.2) is 5.82 Å². The third kappa shape index (κ3) is 5.07. The van der Waals surface area contributed by atoms with E-state index in [4.69, 9.17) is 0 Å². The molecule has 1 atom stereocenters. The van der Waals surface area contributed by atoms with E-state index in [9.17, 15) is 4.79 Å². The number of pyridine rings is 2. The van der Waals surface area contributed by atoms with Crippen LogP contribution in [0.2, 0.25) is 0 Å². The monoisotopic (exact) mass is 459 g/mol. The standard InChI is InChI=1S/C26H33N7O/c1-17(2)23(24-29-30-31-33(24)26(4,5)6)32(15-19-8-7-11-27-14-19)16-21-13-20-12-18(3)9-10-22(20)28-25(21)34/h7-14,17,23H,15-16H2,1-6H3,(H,28,34)/t23-/m1/s1. The number of tetrazole rings is 1. The van der Waals surface area contributed by atoms with Gasteiger partial charge in [-0.3, -0.25) is 14.7 Å². The number of fused-ring (bicyclic) bond motifs is 1. The first-order valence-corrected chi connectivity index (χ1v) is 11.7. The SMILES string of the molecule is Cc1ccc2[nH]c(=O)c(CN(Cc3cccnc3)[C@@H](c3nnnn3C(C)(C)C)C(C)C)cc2c1. The molecule has 0 saturated heterocycles. The second-order valence-electron chi connectivity index (χ2n) is 10.3. The van der Waals surface area contributed by atoms with Crippen molar-refractivity contribution in [1.82, 2.24) is 35.1 Å². The molecule has 178 valence electrons. The van der Waals surface area contributed by atoms with Crippen molar-refractivity contribution in [1.29, 1.82) is 0 Å². The van der Waals surface area contributed by atoms with Crippen molar-refractivity contribution in [2.45, 2.75) is 66.2 Å². The molecule has 34 heavy (non-hydrogen) atoms. The Morgan fingerprint density at radius 2 is 1.91 bits per heavy atom. The van der Waals surface area contributed by atoms with Gasteiger partial charge in [0.05, 0.1) is 11.6 Å². The summed E-state index contributed by atoms with van der Waals surface area (Å²) in [5.41, 5.74) is 3.42. The largest absolute Gasteiger partial charge is 0.322 e. The fraction of sp³-hybridized carbons (Fsp3) is 0.423. The van der Waals surface area contributed by atoms with Crippen LogP contribution in [-0.2, 0) is 18.6 Å². The first-order chi connectivity index (χ1) is 16.1. The lowest BCUT2D eigenvalue weighted by atomic mass is 9.98. The number of aromatic amines is 1. The fourth-order valence-electron chi connectivity index (χ4n) is 4.43. The normalized spacial score (nSPS) is 13.2. The Morgan fingerprint density at radius 3 is 2.59 bits per heavy atom. The molecule has 0 aliphatic heterocycles. The van der Waals surface area contributed by atoms with Crippen LogP contribution in [0, 0.1) is 12.8 Å². The Morgan fingerprint density at radius 1 is 1.12 bits per heavy atom. The van der Waals surface area contributed by atoms with Crippen LogP contribution in [0.4, 0.5) is 0 Å². The van der Waals surface area contributed by atoms with Crippen molar-refractivity contribution in [3.8, 4) is 0 Å². The van der Waals surface area contributed by atoms with E-state index in [1.807, 2.05) is 35.1 Å². The van der Waals surface area contributed by atoms with E-state index in [0.717, 1.165) is 27.9 Å². The molecule has 0 bridgehead atoms. The molecule has 4 rings (SSSR count). The highest BCUT2D eigenvalue weighted by atomic mass is 16.1. The Hall–Kier alpha value is -3.39. The van der Waals surface area contributed by atoms with E-state index in [0.29, 0.717) is 18.7 Å². The van der Waals surface area contributed by atoms with Gasteiger partial charge in [-0.1, -0.05) is 31.5 Å². The van der Waals surface area contributed by atoms with E-state index in [1.165, 1.54) is 0 Å². The highest BCUT2D eigenvalue weighted by Gasteiger charge is 2.33. The number of H-pyrrole nitrogens is 1. The minimum Gasteiger partial charge on any atom is -0.322 e. The van der Waals surface area contributed by atoms with Crippen LogP contribution in [0.15, 0.2) is 53.6 Å². The van der Waals surface area contributed by atoms with E-state index in [2.05, 4.69) is 84.1 Å². The van der Waals surface area contributed by atoms with Crippen LogP contribution in [0.5, 0.6) is 0 Å². The molecule has 0 radical (unpaired) electrons. The summed E-state index contributed by atoms with van der Waals surface area (Å²) in [5, 5.41) is 13.8. The zero-order chi connectivity index (χ0) is 24.5. The number of hydrogen-bond acceptors (Lipinski definition) is 6. The molecule has 1 N–H and O–H groups in total. The van der Waals surface area contributed by atoms with Gasteiger partial charge in [-0.25, -0.2) is 4.68 Å². The lowest BCUT2D eigenvalue weighted by Crippen LogP contribution is -2.37. The van der Waals surface area contributed by atoms with Crippen LogP contribution in [0.3, 0.4) is 0 Å². The van der Waals surface area contributed by atoms with Crippen molar-refractivity contribution >= 4 is 10.9 Å². The van der Waals surface area contributed by atoms with Gasteiger partial charge in [0.1, 0.15) is 0 Å². The van der Waals surface area contributed by atoms with Crippen LogP contribution in [-0.4, -0.2) is 35.1 Å². The molecule has 1 aromatic carbocycles. The first kappa shape index (κ1) is 23.8. The average molecular weight is 460 g/mol. The van der Waals surface area contributed by atoms with Gasteiger partial charge in [0, 0.05) is 36.6 Å². The predicted octanol–water partition coefficient (Wildman–Crippen LogP) is 4.37. The van der Waals surface area contributed by atoms with E-state index in [1.54, 1.807) is 6.20 Å². The maximum absolute atomic E-state index is 13.1. The van der Waals surface area contributed by atoms with Crippen molar-refractivity contribution < 1.29 is 0 Å². The third-order valence-electron chi connectivity index (χ3n) is 5.98. The van der Waals surface area contributed by atoms with E-state index in [-0.39, 0.29) is 23.1 Å². The summed E-state index contributed by atoms with van der Waals surface area (Å²) in [4.78, 5) is 22.7. The molecule has 4 aromatic rings. The Kier molecular flexibility index (Phi) is 6.61. The summed E-state index contributed by atoms with van der Waals surface area (Å²) < 4.78 is 1.89. The molecule has 0 fully saturated rings. The van der Waals surface area contributed by atoms with Gasteiger partial charge in [0.2, 0.25) is 0 Å². The van der Waals surface area contributed by atoms with Crippen molar-refractivity contribution in [3.63, 3.8) is 0 Å². The molecular formula is C26H33N7O. The fourth-order valence-corrected chi connectivity index (χ4v) is 4.43. The van der Waals surface area contributed by atoms with Gasteiger partial charge in [-0.2, -0.15) is 0 Å². The molecule has 3 aromatic heterocycles. The Balaban J connectivity index is 1.81. The smallest absolute Gasteiger partial charge is 0.252 e. The van der Waals surface area contributed by atoms with Crippen LogP contribution >= 0.6 is 0 Å². The number of nitrogens with zero attached hydrogens (tertiary/aromatic N) is 6. The first-order valence-electron chi connectivity index (χ1n) is 11.7. The highest BCUT2D eigenvalue weighted by molar-refractivity contribution is 5.79. The average Bonchev–Trinajstić information content (AvgIpc) is 3.25. The quantitative estimate of drug-likeness (QED) is 0.441. The van der Waals surface area contributed by atoms with Crippen LogP contribution < -0.4 is 5.56 Å². The minimum absolute atomic E-state index is 0.0783. The number of aryl methyl sites for hydroxylation is 1. The number of nitrogens with one attached hydrogen (secondary N) is 1. The number of benzene rings is 1. The van der Waals surface area contributed by atoms with Gasteiger partial charge in [-0.15, -0.1) is 5.10 Å². The topological polar surface area (TPSA) is 92.6 Å². The maximum Gasteiger partial charge on any atom is 0.252 e. The van der Waals surface area contributed by atoms with Gasteiger partial charge in [0.25, 0.3) is 5.56 Å². The lowest BCUT2D eigenvalue weighted by Gasteiger charge is -2.35. The zero-order valence-corrected chi connectivity index (χ0v) is 20.8. The summed E-state index contributed by atoms with van der Waals surface area (Å²) in [6.45, 7) is 13.7. The summed E-state index contributed by atoms with van der Waals surface area (Å²) in [7, 11) is 0. The van der Waals surface area contributed by atoms with Crippen LogP contribution in [0.1, 0.15) is 63.2 Å².